The Labute approximate surface area is 174 Å². The van der Waals surface area contributed by atoms with Crippen molar-refractivity contribution in [2.75, 3.05) is 11.5 Å². The molecule has 2 aliphatic heterocycles. The summed E-state index contributed by atoms with van der Waals surface area (Å²) in [5, 5.41) is 43.9. The molecule has 2 aromatic rings. The quantitative estimate of drug-likeness (QED) is 0.302. The number of nitro benzene ring substituents is 1. The predicted molar refractivity (Wildman–Crippen MR) is 104 cm³/mol. The highest BCUT2D eigenvalue weighted by atomic mass is 16.6. The molecular formula is C20H17N3O8. The lowest BCUT2D eigenvalue weighted by Gasteiger charge is -2.29. The number of non-ortho nitro benzene ring substituents is 1. The van der Waals surface area contributed by atoms with Crippen LogP contribution in [0.15, 0.2) is 48.5 Å². The smallest absolute Gasteiger partial charge is 0.327 e. The van der Waals surface area contributed by atoms with Gasteiger partial charge in [-0.3, -0.25) is 29.8 Å². The van der Waals surface area contributed by atoms with E-state index in [4.69, 9.17) is 0 Å². The number of benzene rings is 2. The summed E-state index contributed by atoms with van der Waals surface area (Å²) in [5.74, 6) is -6.20. The number of nitro groups is 1. The van der Waals surface area contributed by atoms with Crippen molar-refractivity contribution in [3.05, 3.63) is 64.2 Å². The van der Waals surface area contributed by atoms with Crippen molar-refractivity contribution in [3.63, 3.8) is 0 Å². The van der Waals surface area contributed by atoms with Gasteiger partial charge in [0, 0.05) is 23.7 Å². The molecule has 2 saturated heterocycles. The molecule has 2 amide bonds. The molecule has 0 saturated carbocycles. The molecule has 4 unspecified atom stereocenters. The number of aliphatic carboxylic acids is 1. The Morgan fingerprint density at radius 2 is 1.87 bits per heavy atom. The minimum Gasteiger partial charge on any atom is -0.508 e. The van der Waals surface area contributed by atoms with E-state index in [1.165, 1.54) is 30.3 Å². The second-order valence-electron chi connectivity index (χ2n) is 7.41. The van der Waals surface area contributed by atoms with E-state index in [0.29, 0.717) is 4.90 Å². The van der Waals surface area contributed by atoms with Crippen LogP contribution in [0.2, 0.25) is 0 Å². The van der Waals surface area contributed by atoms with Gasteiger partial charge in [-0.1, -0.05) is 24.3 Å². The van der Waals surface area contributed by atoms with Gasteiger partial charge in [-0.25, -0.2) is 4.90 Å². The summed E-state index contributed by atoms with van der Waals surface area (Å²) in [6.45, 7) is -0.991. The Bertz CT molecular complexity index is 1120. The number of aliphatic hydroxyl groups is 1. The third-order valence-corrected chi connectivity index (χ3v) is 5.86. The molecule has 2 fully saturated rings. The molecule has 2 aromatic carbocycles. The summed E-state index contributed by atoms with van der Waals surface area (Å²) in [6.07, 6.45) is 0. The Kier molecular flexibility index (Phi) is 4.71. The van der Waals surface area contributed by atoms with E-state index in [1.54, 1.807) is 12.1 Å². The summed E-state index contributed by atoms with van der Waals surface area (Å²) < 4.78 is 0. The van der Waals surface area contributed by atoms with Gasteiger partial charge in [-0.15, -0.1) is 0 Å². The number of hydrogen-bond donors (Lipinski definition) is 4. The van der Waals surface area contributed by atoms with Gasteiger partial charge < -0.3 is 15.3 Å². The van der Waals surface area contributed by atoms with Gasteiger partial charge >= 0.3 is 5.97 Å². The number of nitrogens with one attached hydrogen (secondary N) is 1. The lowest BCUT2D eigenvalue weighted by atomic mass is 9.79. The zero-order valence-corrected chi connectivity index (χ0v) is 15.8. The fraction of sp³-hybridized carbons (Fsp3) is 0.250. The normalized spacial score (nSPS) is 27.4. The van der Waals surface area contributed by atoms with Gasteiger partial charge in [-0.2, -0.15) is 0 Å². The van der Waals surface area contributed by atoms with Crippen molar-refractivity contribution in [3.8, 4) is 5.75 Å². The minimum atomic E-state index is -2.18. The molecule has 4 atom stereocenters. The number of para-hydroxylation sites is 1. The summed E-state index contributed by atoms with van der Waals surface area (Å²) in [5.41, 5.74) is -2.42. The third kappa shape index (κ3) is 2.86. The van der Waals surface area contributed by atoms with Crippen LogP contribution < -0.4 is 10.2 Å². The number of carboxylic acids is 1. The maximum Gasteiger partial charge on any atom is 0.327 e. The molecule has 11 heteroatoms. The molecule has 11 nitrogen and oxygen atoms in total. The second kappa shape index (κ2) is 7.15. The van der Waals surface area contributed by atoms with E-state index in [9.17, 15) is 39.8 Å². The maximum atomic E-state index is 13.3. The molecule has 0 bridgehead atoms. The predicted octanol–water partition coefficient (Wildman–Crippen LogP) is 0.566. The standard InChI is InChI=1S/C20H17N3O8/c24-9-20(19(28)29)15-14(16(21-20)12-6-1-2-7-13(12)25)17(26)22(18(15)27)10-4-3-5-11(8-10)23(30)31/h1-8,14-16,21,24-25H,9H2,(H,28,29). The number of anilines is 1. The first kappa shape index (κ1) is 20.4. The van der Waals surface area contributed by atoms with Crippen LogP contribution in [-0.2, 0) is 14.4 Å². The van der Waals surface area contributed by atoms with Crippen LogP contribution in [0.25, 0.3) is 0 Å². The van der Waals surface area contributed by atoms with Crippen LogP contribution in [0.5, 0.6) is 5.75 Å². The van der Waals surface area contributed by atoms with Crippen molar-refractivity contribution in [2.24, 2.45) is 11.8 Å². The first-order chi connectivity index (χ1) is 14.7. The van der Waals surface area contributed by atoms with Crippen LogP contribution >= 0.6 is 0 Å². The summed E-state index contributed by atoms with van der Waals surface area (Å²) >= 11 is 0. The number of carboxylic acid groups (broad SMARTS) is 1. The summed E-state index contributed by atoms with van der Waals surface area (Å²) in [6, 6.07) is 9.72. The van der Waals surface area contributed by atoms with E-state index >= 15 is 0 Å². The average molecular weight is 427 g/mol. The number of nitrogens with zero attached hydrogens (tertiary/aromatic N) is 2. The number of hydrogen-bond acceptors (Lipinski definition) is 8. The van der Waals surface area contributed by atoms with Crippen LogP contribution in [0.1, 0.15) is 11.6 Å². The number of carbonyl (C=O) groups is 3. The Balaban J connectivity index is 1.87. The van der Waals surface area contributed by atoms with Crippen molar-refractivity contribution in [2.45, 2.75) is 11.6 Å². The largest absolute Gasteiger partial charge is 0.508 e. The summed E-state index contributed by atoms with van der Waals surface area (Å²) in [4.78, 5) is 49.9. The van der Waals surface area contributed by atoms with Gasteiger partial charge in [-0.05, 0) is 12.1 Å². The van der Waals surface area contributed by atoms with Crippen LogP contribution in [0, 0.1) is 22.0 Å². The molecular weight excluding hydrogens is 410 g/mol. The van der Waals surface area contributed by atoms with E-state index in [2.05, 4.69) is 5.32 Å². The molecule has 0 spiro atoms. The van der Waals surface area contributed by atoms with Gasteiger partial charge in [0.25, 0.3) is 5.69 Å². The Morgan fingerprint density at radius 3 is 2.48 bits per heavy atom. The zero-order valence-electron chi connectivity index (χ0n) is 15.8. The lowest BCUT2D eigenvalue weighted by Crippen LogP contribution is -2.58. The first-order valence-electron chi connectivity index (χ1n) is 9.25. The van der Waals surface area contributed by atoms with Crippen molar-refractivity contribution < 1.29 is 34.6 Å². The van der Waals surface area contributed by atoms with Crippen molar-refractivity contribution >= 4 is 29.2 Å². The number of aliphatic hydroxyl groups excluding tert-OH is 1. The highest BCUT2D eigenvalue weighted by Gasteiger charge is 2.69. The number of aromatic hydroxyl groups is 1. The SMILES string of the molecule is O=C1C2C(c3ccccc3O)NC(CO)(C(=O)O)C2C(=O)N1c1cccc([N+](=O)[O-])c1. The third-order valence-electron chi connectivity index (χ3n) is 5.86. The van der Waals surface area contributed by atoms with E-state index in [0.717, 1.165) is 6.07 Å². The molecule has 2 heterocycles. The lowest BCUT2D eigenvalue weighted by molar-refractivity contribution is -0.384. The molecule has 31 heavy (non-hydrogen) atoms. The number of phenols is 1. The Morgan fingerprint density at radius 1 is 1.16 bits per heavy atom. The molecule has 0 aromatic heterocycles. The molecule has 0 aliphatic carbocycles. The van der Waals surface area contributed by atoms with Crippen LogP contribution in [0.3, 0.4) is 0 Å². The van der Waals surface area contributed by atoms with Gasteiger partial charge in [0.05, 0.1) is 29.1 Å². The minimum absolute atomic E-state index is 0.0770. The number of rotatable bonds is 5. The number of fused-ring (bicyclic) bond motifs is 1. The van der Waals surface area contributed by atoms with Gasteiger partial charge in [0.2, 0.25) is 11.8 Å². The highest BCUT2D eigenvalue weighted by Crippen LogP contribution is 2.51. The van der Waals surface area contributed by atoms with Gasteiger partial charge in [0.1, 0.15) is 5.75 Å². The molecule has 4 rings (SSSR count). The summed E-state index contributed by atoms with van der Waals surface area (Å²) in [7, 11) is 0. The first-order valence-corrected chi connectivity index (χ1v) is 9.25. The molecule has 4 N–H and O–H groups in total. The number of amides is 2. The topological polar surface area (TPSA) is 170 Å². The zero-order chi connectivity index (χ0) is 22.5. The average Bonchev–Trinajstić information content (AvgIpc) is 3.23. The van der Waals surface area contributed by atoms with E-state index in [-0.39, 0.29) is 22.7 Å². The van der Waals surface area contributed by atoms with Crippen LogP contribution in [0.4, 0.5) is 11.4 Å². The molecule has 160 valence electrons. The monoisotopic (exact) mass is 427 g/mol. The molecule has 2 aliphatic rings. The second-order valence-corrected chi connectivity index (χ2v) is 7.41. The number of imide groups is 1. The fourth-order valence-electron chi connectivity index (χ4n) is 4.43. The van der Waals surface area contributed by atoms with E-state index in [1.807, 2.05) is 0 Å². The van der Waals surface area contributed by atoms with Gasteiger partial charge in [0.15, 0.2) is 5.54 Å². The van der Waals surface area contributed by atoms with E-state index < -0.39 is 52.7 Å². The highest BCUT2D eigenvalue weighted by molar-refractivity contribution is 6.24. The van der Waals surface area contributed by atoms with Crippen LogP contribution in [-0.4, -0.2) is 50.2 Å². The van der Waals surface area contributed by atoms with Crippen molar-refractivity contribution in [1.29, 1.82) is 0 Å². The fourth-order valence-corrected chi connectivity index (χ4v) is 4.43. The molecule has 0 radical (unpaired) electrons. The Hall–Kier alpha value is -3.83. The number of phenolic OH excluding ortho intramolecular Hbond substituents is 1. The van der Waals surface area contributed by atoms with Crippen molar-refractivity contribution in [1.82, 2.24) is 5.32 Å². The number of carbonyl (C=O) groups excluding carboxylic acids is 2. The maximum absolute atomic E-state index is 13.3.